The second-order valence-electron chi connectivity index (χ2n) is 4.72. The summed E-state index contributed by atoms with van der Waals surface area (Å²) in [7, 11) is 1.67. The quantitative estimate of drug-likeness (QED) is 0.579. The van der Waals surface area contributed by atoms with E-state index >= 15 is 0 Å². The standard InChI is InChI=1S/C16H13N3O/c1-20-14-5-3-12(15-16(14)19-9-18-15)10-2-4-13-11(8-10)6-7-17-13/h2-9,17H,1H3,(H,18,19). The smallest absolute Gasteiger partial charge is 0.144 e. The van der Waals surface area contributed by atoms with Crippen molar-refractivity contribution in [2.75, 3.05) is 7.11 Å². The molecule has 4 nitrogen and oxygen atoms in total. The fraction of sp³-hybridized carbons (Fsp3) is 0.0625. The summed E-state index contributed by atoms with van der Waals surface area (Å²) in [6, 6.07) is 12.5. The molecule has 0 spiro atoms. The van der Waals surface area contributed by atoms with Gasteiger partial charge in [0.15, 0.2) is 0 Å². The van der Waals surface area contributed by atoms with Gasteiger partial charge in [0, 0.05) is 17.3 Å². The van der Waals surface area contributed by atoms with Crippen molar-refractivity contribution in [2.45, 2.75) is 0 Å². The summed E-state index contributed by atoms with van der Waals surface area (Å²) in [6.07, 6.45) is 3.65. The molecule has 0 bridgehead atoms. The average Bonchev–Trinajstić information content (AvgIpc) is 3.14. The zero-order valence-corrected chi connectivity index (χ0v) is 11.0. The second kappa shape index (κ2) is 4.13. The molecule has 0 fully saturated rings. The van der Waals surface area contributed by atoms with Crippen molar-refractivity contribution in [3.63, 3.8) is 0 Å². The molecule has 0 saturated heterocycles. The molecule has 2 heterocycles. The summed E-state index contributed by atoms with van der Waals surface area (Å²) >= 11 is 0. The summed E-state index contributed by atoms with van der Waals surface area (Å²) in [5.74, 6) is 0.809. The van der Waals surface area contributed by atoms with Crippen molar-refractivity contribution in [3.8, 4) is 16.9 Å². The van der Waals surface area contributed by atoms with Gasteiger partial charge in [-0.05, 0) is 41.3 Å². The molecule has 0 unspecified atom stereocenters. The molecule has 20 heavy (non-hydrogen) atoms. The van der Waals surface area contributed by atoms with Crippen LogP contribution in [0.15, 0.2) is 48.9 Å². The Morgan fingerprint density at radius 2 is 2.00 bits per heavy atom. The maximum atomic E-state index is 5.36. The summed E-state index contributed by atoms with van der Waals surface area (Å²) < 4.78 is 5.36. The molecule has 2 aromatic carbocycles. The van der Waals surface area contributed by atoms with Crippen molar-refractivity contribution < 1.29 is 4.74 Å². The van der Waals surface area contributed by atoms with Crippen LogP contribution in [-0.2, 0) is 0 Å². The highest BCUT2D eigenvalue weighted by atomic mass is 16.5. The van der Waals surface area contributed by atoms with Gasteiger partial charge >= 0.3 is 0 Å². The minimum absolute atomic E-state index is 0.809. The lowest BCUT2D eigenvalue weighted by Crippen LogP contribution is -1.87. The predicted molar refractivity (Wildman–Crippen MR) is 79.9 cm³/mol. The first-order valence-electron chi connectivity index (χ1n) is 6.44. The first-order chi connectivity index (χ1) is 9.86. The zero-order valence-electron chi connectivity index (χ0n) is 11.0. The molecule has 4 heteroatoms. The second-order valence-corrected chi connectivity index (χ2v) is 4.72. The van der Waals surface area contributed by atoms with E-state index in [9.17, 15) is 0 Å². The summed E-state index contributed by atoms with van der Waals surface area (Å²) in [4.78, 5) is 10.8. The predicted octanol–water partition coefficient (Wildman–Crippen LogP) is 3.72. The summed E-state index contributed by atoms with van der Waals surface area (Å²) in [5, 5.41) is 1.20. The van der Waals surface area contributed by atoms with Gasteiger partial charge in [0.1, 0.15) is 11.3 Å². The number of hydrogen-bond donors (Lipinski definition) is 2. The molecule has 4 rings (SSSR count). The number of hydrogen-bond acceptors (Lipinski definition) is 2. The van der Waals surface area contributed by atoms with Crippen LogP contribution in [0, 0.1) is 0 Å². The molecule has 0 aliphatic heterocycles. The van der Waals surface area contributed by atoms with Crippen LogP contribution in [0.25, 0.3) is 33.1 Å². The van der Waals surface area contributed by atoms with Crippen molar-refractivity contribution in [3.05, 3.63) is 48.9 Å². The lowest BCUT2D eigenvalue weighted by atomic mass is 10.0. The van der Waals surface area contributed by atoms with Crippen molar-refractivity contribution in [2.24, 2.45) is 0 Å². The fourth-order valence-corrected chi connectivity index (χ4v) is 2.63. The van der Waals surface area contributed by atoms with Gasteiger partial charge in [-0.15, -0.1) is 0 Å². The van der Waals surface area contributed by atoms with Gasteiger partial charge in [-0.2, -0.15) is 0 Å². The maximum absolute atomic E-state index is 5.36. The van der Waals surface area contributed by atoms with Crippen LogP contribution < -0.4 is 4.74 Å². The molecule has 2 aromatic heterocycles. The number of ether oxygens (including phenoxy) is 1. The van der Waals surface area contributed by atoms with Gasteiger partial charge in [-0.25, -0.2) is 4.98 Å². The Labute approximate surface area is 115 Å². The SMILES string of the molecule is COc1ccc(-c2ccc3[nH]ccc3c2)c2nc[nH]c12. The van der Waals surface area contributed by atoms with Gasteiger partial charge in [0.2, 0.25) is 0 Å². The van der Waals surface area contributed by atoms with Crippen LogP contribution in [0.4, 0.5) is 0 Å². The molecule has 0 atom stereocenters. The molecule has 0 radical (unpaired) electrons. The molecule has 98 valence electrons. The molecule has 4 aromatic rings. The maximum Gasteiger partial charge on any atom is 0.144 e. The Morgan fingerprint density at radius 1 is 1.05 bits per heavy atom. The Hall–Kier alpha value is -2.75. The van der Waals surface area contributed by atoms with Crippen LogP contribution in [0.1, 0.15) is 0 Å². The van der Waals surface area contributed by atoms with Crippen molar-refractivity contribution in [1.29, 1.82) is 0 Å². The van der Waals surface area contributed by atoms with E-state index in [1.807, 2.05) is 12.3 Å². The lowest BCUT2D eigenvalue weighted by Gasteiger charge is -2.06. The summed E-state index contributed by atoms with van der Waals surface area (Å²) in [6.45, 7) is 0. The Kier molecular flexibility index (Phi) is 2.29. The number of nitrogens with one attached hydrogen (secondary N) is 2. The number of imidazole rings is 1. The topological polar surface area (TPSA) is 53.7 Å². The third-order valence-corrected chi connectivity index (χ3v) is 3.63. The molecule has 0 saturated carbocycles. The van der Waals surface area contributed by atoms with E-state index in [-0.39, 0.29) is 0 Å². The van der Waals surface area contributed by atoms with Gasteiger partial charge in [-0.1, -0.05) is 6.07 Å². The highest BCUT2D eigenvalue weighted by Gasteiger charge is 2.11. The van der Waals surface area contributed by atoms with Crippen LogP contribution in [0.2, 0.25) is 0 Å². The van der Waals surface area contributed by atoms with Crippen molar-refractivity contribution in [1.82, 2.24) is 15.0 Å². The number of H-pyrrole nitrogens is 2. The number of aromatic nitrogens is 3. The minimum Gasteiger partial charge on any atom is -0.494 e. The first kappa shape index (κ1) is 11.1. The minimum atomic E-state index is 0.809. The van der Waals surface area contributed by atoms with Crippen molar-refractivity contribution >= 4 is 21.9 Å². The molecular weight excluding hydrogens is 250 g/mol. The molecule has 2 N–H and O–H groups in total. The van der Waals surface area contributed by atoms with E-state index in [0.717, 1.165) is 33.4 Å². The number of nitrogens with zero attached hydrogens (tertiary/aromatic N) is 1. The number of fused-ring (bicyclic) bond motifs is 2. The lowest BCUT2D eigenvalue weighted by molar-refractivity contribution is 0.419. The Morgan fingerprint density at radius 3 is 2.90 bits per heavy atom. The highest BCUT2D eigenvalue weighted by Crippen LogP contribution is 2.33. The molecular formula is C16H13N3O. The van der Waals surface area contributed by atoms with E-state index in [0.29, 0.717) is 0 Å². The van der Waals surface area contributed by atoms with E-state index in [2.05, 4.69) is 45.3 Å². The van der Waals surface area contributed by atoms with Crippen LogP contribution in [0.5, 0.6) is 5.75 Å². The van der Waals surface area contributed by atoms with E-state index < -0.39 is 0 Å². The van der Waals surface area contributed by atoms with Crippen LogP contribution >= 0.6 is 0 Å². The van der Waals surface area contributed by atoms with Crippen LogP contribution in [0.3, 0.4) is 0 Å². The van der Waals surface area contributed by atoms with E-state index in [4.69, 9.17) is 4.74 Å². The van der Waals surface area contributed by atoms with Gasteiger partial charge < -0.3 is 14.7 Å². The van der Waals surface area contributed by atoms with Gasteiger partial charge in [-0.3, -0.25) is 0 Å². The van der Waals surface area contributed by atoms with Gasteiger partial charge in [0.05, 0.1) is 19.0 Å². The number of methoxy groups -OCH3 is 1. The van der Waals surface area contributed by atoms with E-state index in [1.54, 1.807) is 13.4 Å². The number of aromatic amines is 2. The number of rotatable bonds is 2. The summed E-state index contributed by atoms with van der Waals surface area (Å²) in [5.41, 5.74) is 5.25. The largest absolute Gasteiger partial charge is 0.494 e. The third-order valence-electron chi connectivity index (χ3n) is 3.63. The highest BCUT2D eigenvalue weighted by molar-refractivity contribution is 5.97. The Bertz CT molecular complexity index is 904. The van der Waals surface area contributed by atoms with E-state index in [1.165, 1.54) is 5.39 Å². The average molecular weight is 263 g/mol. The first-order valence-corrected chi connectivity index (χ1v) is 6.44. The molecule has 0 aliphatic carbocycles. The van der Waals surface area contributed by atoms with Gasteiger partial charge in [0.25, 0.3) is 0 Å². The monoisotopic (exact) mass is 263 g/mol. The Balaban J connectivity index is 1.99. The number of benzene rings is 2. The third kappa shape index (κ3) is 1.51. The fourth-order valence-electron chi connectivity index (χ4n) is 2.63. The zero-order chi connectivity index (χ0) is 13.5. The van der Waals surface area contributed by atoms with Crippen LogP contribution in [-0.4, -0.2) is 22.1 Å². The molecule has 0 aliphatic rings. The molecule has 0 amide bonds. The normalized spacial score (nSPS) is 11.2.